The van der Waals surface area contributed by atoms with E-state index in [1.165, 1.54) is 18.3 Å². The number of pyridine rings is 1. The zero-order valence-corrected chi connectivity index (χ0v) is 16.3. The number of alkyl halides is 3. The first-order valence-electron chi connectivity index (χ1n) is 8.51. The number of hydrogen-bond acceptors (Lipinski definition) is 5. The summed E-state index contributed by atoms with van der Waals surface area (Å²) in [6, 6.07) is 4.37. The molecule has 1 aromatic carbocycles. The van der Waals surface area contributed by atoms with Crippen LogP contribution in [0.4, 0.5) is 27.5 Å². The average Bonchev–Trinajstić information content (AvgIpc) is 3.13. The molecule has 0 bridgehead atoms. The number of carbonyl (C=O) groups excluding carboxylic acids is 2. The van der Waals surface area contributed by atoms with Crippen molar-refractivity contribution in [3.8, 4) is 11.8 Å². The van der Waals surface area contributed by atoms with E-state index < -0.39 is 35.8 Å². The fourth-order valence-electron chi connectivity index (χ4n) is 2.46. The molecule has 6 nitrogen and oxygen atoms in total. The van der Waals surface area contributed by atoms with Crippen molar-refractivity contribution >= 4 is 28.3 Å². The number of hydrogen-bond donors (Lipinski definition) is 2. The Morgan fingerprint density at radius 2 is 1.90 bits per heavy atom. The summed E-state index contributed by atoms with van der Waals surface area (Å²) in [5.41, 5.74) is 3.91. The predicted molar refractivity (Wildman–Crippen MR) is 105 cm³/mol. The number of nitrogens with zero attached hydrogens (tertiary/aromatic N) is 2. The third-order valence-electron chi connectivity index (χ3n) is 3.82. The number of halogens is 4. The molecule has 3 rings (SSSR count). The first-order chi connectivity index (χ1) is 14.6. The Hall–Kier alpha value is -3.78. The maximum Gasteiger partial charge on any atom is 0.416 e. The highest BCUT2D eigenvalue weighted by Crippen LogP contribution is 2.29. The highest BCUT2D eigenvalue weighted by Gasteiger charge is 2.30. The molecule has 158 valence electrons. The van der Waals surface area contributed by atoms with Crippen LogP contribution in [0.2, 0.25) is 0 Å². The Balaban J connectivity index is 1.79. The minimum absolute atomic E-state index is 0.130. The molecule has 3 aromatic rings. The maximum absolute atomic E-state index is 14.1. The van der Waals surface area contributed by atoms with Crippen molar-refractivity contribution in [3.05, 3.63) is 75.8 Å². The van der Waals surface area contributed by atoms with Gasteiger partial charge in [-0.25, -0.2) is 14.2 Å². The van der Waals surface area contributed by atoms with Crippen molar-refractivity contribution in [1.29, 1.82) is 0 Å². The van der Waals surface area contributed by atoms with E-state index in [-0.39, 0.29) is 16.4 Å². The lowest BCUT2D eigenvalue weighted by atomic mass is 10.0. The molecule has 0 aliphatic carbocycles. The maximum atomic E-state index is 14.1. The lowest BCUT2D eigenvalue weighted by Gasteiger charge is -2.08. The number of carbonyl (C=O) groups is 2. The summed E-state index contributed by atoms with van der Waals surface area (Å²) in [4.78, 5) is 31.4. The number of amides is 2. The van der Waals surface area contributed by atoms with E-state index >= 15 is 0 Å². The third-order valence-corrected chi connectivity index (χ3v) is 4.65. The fraction of sp³-hybridized carbons (Fsp3) is 0.100. The Morgan fingerprint density at radius 1 is 1.13 bits per heavy atom. The molecule has 0 aliphatic rings. The van der Waals surface area contributed by atoms with Crippen LogP contribution in [-0.4, -0.2) is 21.8 Å². The highest BCUT2D eigenvalue weighted by atomic mass is 32.1. The van der Waals surface area contributed by atoms with E-state index in [0.29, 0.717) is 10.4 Å². The molecule has 2 amide bonds. The number of rotatable bonds is 4. The van der Waals surface area contributed by atoms with E-state index in [0.717, 1.165) is 35.7 Å². The van der Waals surface area contributed by atoms with E-state index in [1.54, 1.807) is 0 Å². The van der Waals surface area contributed by atoms with Gasteiger partial charge >= 0.3 is 12.2 Å². The van der Waals surface area contributed by atoms with Gasteiger partial charge < -0.3 is 5.73 Å². The first-order valence-corrected chi connectivity index (χ1v) is 9.32. The Kier molecular flexibility index (Phi) is 6.31. The normalized spacial score (nSPS) is 10.8. The molecule has 0 atom stereocenters. The average molecular weight is 448 g/mol. The van der Waals surface area contributed by atoms with Crippen LogP contribution in [-0.2, 0) is 12.6 Å². The molecule has 0 aliphatic heterocycles. The van der Waals surface area contributed by atoms with Gasteiger partial charge in [0, 0.05) is 17.5 Å². The summed E-state index contributed by atoms with van der Waals surface area (Å²) in [7, 11) is 0. The molecule has 2 aromatic heterocycles. The van der Waals surface area contributed by atoms with Crippen molar-refractivity contribution in [1.82, 2.24) is 9.97 Å². The summed E-state index contributed by atoms with van der Waals surface area (Å²) in [6.07, 6.45) is -2.74. The van der Waals surface area contributed by atoms with Crippen LogP contribution in [0.5, 0.6) is 0 Å². The molecule has 0 saturated heterocycles. The van der Waals surface area contributed by atoms with Gasteiger partial charge in [0.2, 0.25) is 0 Å². The molecule has 0 unspecified atom stereocenters. The Bertz CT molecular complexity index is 1210. The van der Waals surface area contributed by atoms with Crippen LogP contribution in [0.15, 0.2) is 42.7 Å². The fourth-order valence-corrected chi connectivity index (χ4v) is 3.13. The van der Waals surface area contributed by atoms with Crippen LogP contribution in [0.3, 0.4) is 0 Å². The molecule has 3 N–H and O–H groups in total. The molecule has 31 heavy (non-hydrogen) atoms. The van der Waals surface area contributed by atoms with Gasteiger partial charge in [0.25, 0.3) is 0 Å². The van der Waals surface area contributed by atoms with E-state index in [9.17, 15) is 27.2 Å². The highest BCUT2D eigenvalue weighted by molar-refractivity contribution is 7.16. The molecule has 0 fully saturated rings. The number of nitrogens with two attached hydrogens (primary N) is 1. The number of nitrogens with one attached hydrogen (secondary N) is 1. The molecular formula is C20H12F4N4O2S. The number of ketones is 1. The third kappa shape index (κ3) is 5.86. The number of anilines is 1. The van der Waals surface area contributed by atoms with Gasteiger partial charge in [-0.05, 0) is 36.3 Å². The largest absolute Gasteiger partial charge is 0.416 e. The number of Topliss-reactive ketones (excluding diaryl/α,β-unsaturated/α-hetero) is 1. The van der Waals surface area contributed by atoms with Gasteiger partial charge in [-0.1, -0.05) is 17.3 Å². The van der Waals surface area contributed by atoms with Crippen molar-refractivity contribution in [3.63, 3.8) is 0 Å². The summed E-state index contributed by atoms with van der Waals surface area (Å²) < 4.78 is 52.6. The van der Waals surface area contributed by atoms with Crippen LogP contribution < -0.4 is 11.1 Å². The van der Waals surface area contributed by atoms with Crippen molar-refractivity contribution in [2.45, 2.75) is 12.6 Å². The Morgan fingerprint density at radius 3 is 2.61 bits per heavy atom. The summed E-state index contributed by atoms with van der Waals surface area (Å²) in [6.45, 7) is 0. The number of urea groups is 1. The quantitative estimate of drug-likeness (QED) is 0.358. The summed E-state index contributed by atoms with van der Waals surface area (Å²) in [5.74, 6) is 3.93. The van der Waals surface area contributed by atoms with Gasteiger partial charge in [0.15, 0.2) is 10.9 Å². The molecule has 11 heteroatoms. The SMILES string of the molecule is NC(=O)Nc1ncc(C#Cc2ccc(F)c(C(=O)Cc3cc(C(F)(F)F)ccn3)c2)s1. The van der Waals surface area contributed by atoms with Gasteiger partial charge in [-0.15, -0.1) is 0 Å². The van der Waals surface area contributed by atoms with Crippen molar-refractivity contribution in [2.24, 2.45) is 5.73 Å². The van der Waals surface area contributed by atoms with Crippen LogP contribution in [0.1, 0.15) is 32.1 Å². The van der Waals surface area contributed by atoms with Crippen molar-refractivity contribution in [2.75, 3.05) is 5.32 Å². The number of benzene rings is 1. The van der Waals surface area contributed by atoms with E-state index in [4.69, 9.17) is 5.73 Å². The monoisotopic (exact) mass is 448 g/mol. The molecule has 0 spiro atoms. The minimum Gasteiger partial charge on any atom is -0.351 e. The van der Waals surface area contributed by atoms with Gasteiger partial charge in [0.1, 0.15) is 5.82 Å². The van der Waals surface area contributed by atoms with Gasteiger partial charge in [0.05, 0.1) is 28.6 Å². The number of aromatic nitrogens is 2. The zero-order valence-electron chi connectivity index (χ0n) is 15.5. The second-order valence-corrected chi connectivity index (χ2v) is 7.13. The second kappa shape index (κ2) is 8.93. The minimum atomic E-state index is -4.58. The standard InChI is InChI=1S/C20H12F4N4O2S/c21-16-4-2-11(1-3-14-10-27-19(31-14)28-18(25)30)7-15(16)17(29)9-13-8-12(5-6-26-13)20(22,23)24/h2,4-8,10H,9H2,(H3,25,27,28,30). The summed E-state index contributed by atoms with van der Waals surface area (Å²) in [5, 5.41) is 2.55. The molecule has 0 radical (unpaired) electrons. The van der Waals surface area contributed by atoms with Crippen LogP contribution in [0, 0.1) is 17.7 Å². The van der Waals surface area contributed by atoms with Crippen molar-refractivity contribution < 1.29 is 27.2 Å². The predicted octanol–water partition coefficient (Wildman–Crippen LogP) is 4.01. The van der Waals surface area contributed by atoms with Gasteiger partial charge in [-0.3, -0.25) is 15.1 Å². The second-order valence-electron chi connectivity index (χ2n) is 6.10. The topological polar surface area (TPSA) is 98.0 Å². The van der Waals surface area contributed by atoms with Crippen LogP contribution in [0.25, 0.3) is 0 Å². The number of primary amides is 1. The number of thiazole rings is 1. The zero-order chi connectivity index (χ0) is 22.6. The van der Waals surface area contributed by atoms with Gasteiger partial charge in [-0.2, -0.15) is 13.2 Å². The molecule has 0 saturated carbocycles. The molecular weight excluding hydrogens is 436 g/mol. The lowest BCUT2D eigenvalue weighted by molar-refractivity contribution is -0.137. The van der Waals surface area contributed by atoms with E-state index in [1.807, 2.05) is 0 Å². The summed E-state index contributed by atoms with van der Waals surface area (Å²) >= 11 is 1.06. The smallest absolute Gasteiger partial charge is 0.351 e. The van der Waals surface area contributed by atoms with E-state index in [2.05, 4.69) is 27.1 Å². The first kappa shape index (κ1) is 21.9. The van der Waals surface area contributed by atoms with Crippen LogP contribution >= 0.6 is 11.3 Å². The lowest BCUT2D eigenvalue weighted by Crippen LogP contribution is -2.18. The Labute approximate surface area is 177 Å². The molecule has 2 heterocycles.